The summed E-state index contributed by atoms with van der Waals surface area (Å²) in [5.74, 6) is 2.60. The molecule has 7 heteroatoms. The molecule has 0 aromatic carbocycles. The fraction of sp³-hybridized carbons (Fsp3) is 0.571. The second kappa shape index (κ2) is 8.20. The number of carbonyl (C=O) groups excluding carboxylic acids is 1. The minimum atomic E-state index is 0.0164. The fourth-order valence-corrected chi connectivity index (χ4v) is 4.63. The predicted molar refractivity (Wildman–Crippen MR) is 106 cm³/mol. The molecule has 2 fully saturated rings. The number of nitrogens with zero attached hydrogens (tertiary/aromatic N) is 4. The SMILES string of the molecule is CCCNC(=O)N1C[C@H]2C[C@H](Oc3ccccn3)[C@@H](n3ccnc3C)C[C@H]2C1. The number of hydrogen-bond donors (Lipinski definition) is 1. The Kier molecular flexibility index (Phi) is 5.50. The number of hydrogen-bond acceptors (Lipinski definition) is 4. The van der Waals surface area contributed by atoms with E-state index in [0.29, 0.717) is 17.7 Å². The molecule has 4 rings (SSSR count). The van der Waals surface area contributed by atoms with Crippen molar-refractivity contribution in [3.63, 3.8) is 0 Å². The molecule has 3 heterocycles. The van der Waals surface area contributed by atoms with Crippen LogP contribution >= 0.6 is 0 Å². The van der Waals surface area contributed by atoms with Crippen LogP contribution in [-0.2, 0) is 0 Å². The molecule has 150 valence electrons. The van der Waals surface area contributed by atoms with E-state index in [9.17, 15) is 4.79 Å². The third kappa shape index (κ3) is 3.84. The Morgan fingerprint density at radius 3 is 2.71 bits per heavy atom. The van der Waals surface area contributed by atoms with E-state index in [4.69, 9.17) is 4.74 Å². The topological polar surface area (TPSA) is 72.3 Å². The highest BCUT2D eigenvalue weighted by atomic mass is 16.5. The van der Waals surface area contributed by atoms with Crippen LogP contribution in [0, 0.1) is 18.8 Å². The van der Waals surface area contributed by atoms with Crippen LogP contribution in [0.1, 0.15) is 38.1 Å². The summed E-state index contributed by atoms with van der Waals surface area (Å²) in [4.78, 5) is 23.2. The summed E-state index contributed by atoms with van der Waals surface area (Å²) in [6.45, 7) is 6.45. The van der Waals surface area contributed by atoms with Gasteiger partial charge in [-0.15, -0.1) is 0 Å². The maximum Gasteiger partial charge on any atom is 0.317 e. The molecule has 1 saturated heterocycles. The van der Waals surface area contributed by atoms with Crippen molar-refractivity contribution in [1.82, 2.24) is 24.8 Å². The highest BCUT2D eigenvalue weighted by Gasteiger charge is 2.45. The third-order valence-electron chi connectivity index (χ3n) is 6.03. The minimum absolute atomic E-state index is 0.0164. The third-order valence-corrected chi connectivity index (χ3v) is 6.03. The fourth-order valence-electron chi connectivity index (χ4n) is 4.63. The maximum atomic E-state index is 12.4. The van der Waals surface area contributed by atoms with Gasteiger partial charge in [0.2, 0.25) is 5.88 Å². The number of imidazole rings is 1. The zero-order chi connectivity index (χ0) is 19.5. The number of pyridine rings is 1. The molecule has 1 aliphatic carbocycles. The lowest BCUT2D eigenvalue weighted by Crippen LogP contribution is -2.40. The van der Waals surface area contributed by atoms with Crippen LogP contribution in [-0.4, -0.2) is 51.2 Å². The molecule has 0 bridgehead atoms. The minimum Gasteiger partial charge on any atom is -0.472 e. The number of likely N-dealkylation sites (tertiary alicyclic amines) is 1. The van der Waals surface area contributed by atoms with Gasteiger partial charge in [0, 0.05) is 44.3 Å². The van der Waals surface area contributed by atoms with Crippen LogP contribution in [0.2, 0.25) is 0 Å². The van der Waals surface area contributed by atoms with Crippen LogP contribution in [0.3, 0.4) is 0 Å². The van der Waals surface area contributed by atoms with Crippen molar-refractivity contribution < 1.29 is 9.53 Å². The molecule has 7 nitrogen and oxygen atoms in total. The highest BCUT2D eigenvalue weighted by Crippen LogP contribution is 2.43. The number of amides is 2. The molecule has 4 atom stereocenters. The van der Waals surface area contributed by atoms with Gasteiger partial charge in [-0.05, 0) is 44.1 Å². The molecule has 1 saturated carbocycles. The van der Waals surface area contributed by atoms with E-state index in [0.717, 1.165) is 44.7 Å². The smallest absolute Gasteiger partial charge is 0.317 e. The number of nitrogens with one attached hydrogen (secondary N) is 1. The molecule has 0 unspecified atom stereocenters. The summed E-state index contributed by atoms with van der Waals surface area (Å²) in [6, 6.07) is 6.01. The van der Waals surface area contributed by atoms with Gasteiger partial charge >= 0.3 is 6.03 Å². The normalized spacial score (nSPS) is 26.7. The zero-order valence-corrected chi connectivity index (χ0v) is 16.6. The van der Waals surface area contributed by atoms with Crippen LogP contribution in [0.15, 0.2) is 36.8 Å². The molecule has 1 N–H and O–H groups in total. The van der Waals surface area contributed by atoms with Gasteiger partial charge in [-0.1, -0.05) is 13.0 Å². The lowest BCUT2D eigenvalue weighted by atomic mass is 9.77. The van der Waals surface area contributed by atoms with Gasteiger partial charge in [-0.2, -0.15) is 0 Å². The van der Waals surface area contributed by atoms with Gasteiger partial charge in [0.1, 0.15) is 11.9 Å². The van der Waals surface area contributed by atoms with Crippen LogP contribution < -0.4 is 10.1 Å². The van der Waals surface area contributed by atoms with Gasteiger partial charge < -0.3 is 19.5 Å². The first-order valence-electron chi connectivity index (χ1n) is 10.3. The van der Waals surface area contributed by atoms with Gasteiger partial charge in [0.05, 0.1) is 6.04 Å². The molecule has 2 aromatic rings. The number of fused-ring (bicyclic) bond motifs is 1. The average Bonchev–Trinajstić information content (AvgIpc) is 3.32. The summed E-state index contributed by atoms with van der Waals surface area (Å²) < 4.78 is 8.56. The molecule has 0 radical (unpaired) electrons. The van der Waals surface area contributed by atoms with E-state index in [1.54, 1.807) is 6.20 Å². The first-order chi connectivity index (χ1) is 13.7. The van der Waals surface area contributed by atoms with E-state index in [2.05, 4.69) is 26.8 Å². The summed E-state index contributed by atoms with van der Waals surface area (Å²) >= 11 is 0. The van der Waals surface area contributed by atoms with Crippen LogP contribution in [0.5, 0.6) is 5.88 Å². The molecular formula is C21H29N5O2. The maximum absolute atomic E-state index is 12.4. The van der Waals surface area contributed by atoms with Gasteiger partial charge in [-0.3, -0.25) is 0 Å². The standard InChI is InChI=1S/C21H29N5O2/c1-3-7-24-21(27)25-13-16-11-18(26-10-9-22-15(26)2)19(12-17(16)14-25)28-20-6-4-5-8-23-20/h4-6,8-10,16-19H,3,7,11-14H2,1-2H3,(H,24,27)/t16-,17+,18-,19-/m0/s1. The Morgan fingerprint density at radius 2 is 2.04 bits per heavy atom. The summed E-state index contributed by atoms with van der Waals surface area (Å²) in [5.41, 5.74) is 0. The van der Waals surface area contributed by atoms with E-state index < -0.39 is 0 Å². The average molecular weight is 383 g/mol. The number of ether oxygens (including phenoxy) is 1. The van der Waals surface area contributed by atoms with Crippen molar-refractivity contribution in [2.75, 3.05) is 19.6 Å². The van der Waals surface area contributed by atoms with E-state index >= 15 is 0 Å². The van der Waals surface area contributed by atoms with E-state index in [1.807, 2.05) is 42.4 Å². The monoisotopic (exact) mass is 383 g/mol. The van der Waals surface area contributed by atoms with E-state index in [1.165, 1.54) is 0 Å². The van der Waals surface area contributed by atoms with Gasteiger partial charge in [-0.25, -0.2) is 14.8 Å². The summed E-state index contributed by atoms with van der Waals surface area (Å²) in [6.07, 6.45) is 8.51. The second-order valence-corrected chi connectivity index (χ2v) is 7.90. The van der Waals surface area contributed by atoms with Gasteiger partial charge in [0.15, 0.2) is 0 Å². The Balaban J connectivity index is 1.52. The van der Waals surface area contributed by atoms with Crippen molar-refractivity contribution in [3.05, 3.63) is 42.6 Å². The zero-order valence-electron chi connectivity index (χ0n) is 16.6. The summed E-state index contributed by atoms with van der Waals surface area (Å²) in [7, 11) is 0. The number of urea groups is 1. The number of carbonyl (C=O) groups is 1. The highest BCUT2D eigenvalue weighted by molar-refractivity contribution is 5.74. The first kappa shape index (κ1) is 18.8. The van der Waals surface area contributed by atoms with Crippen molar-refractivity contribution in [2.24, 2.45) is 11.8 Å². The number of rotatable bonds is 5. The Labute approximate surface area is 166 Å². The molecule has 1 aliphatic heterocycles. The second-order valence-electron chi connectivity index (χ2n) is 7.90. The van der Waals surface area contributed by atoms with Crippen LogP contribution in [0.25, 0.3) is 0 Å². The van der Waals surface area contributed by atoms with E-state index in [-0.39, 0.29) is 18.2 Å². The Morgan fingerprint density at radius 1 is 1.21 bits per heavy atom. The van der Waals surface area contributed by atoms with Gasteiger partial charge in [0.25, 0.3) is 0 Å². The largest absolute Gasteiger partial charge is 0.472 e. The van der Waals surface area contributed by atoms with Crippen molar-refractivity contribution in [1.29, 1.82) is 0 Å². The Bertz CT molecular complexity index is 793. The lowest BCUT2D eigenvalue weighted by Gasteiger charge is -2.38. The molecule has 0 spiro atoms. The molecular weight excluding hydrogens is 354 g/mol. The molecule has 2 amide bonds. The van der Waals surface area contributed by atoms with Crippen LogP contribution in [0.4, 0.5) is 4.79 Å². The molecule has 2 aromatic heterocycles. The number of aryl methyl sites for hydroxylation is 1. The lowest BCUT2D eigenvalue weighted by molar-refractivity contribution is 0.0504. The first-order valence-corrected chi connectivity index (χ1v) is 10.3. The molecule has 28 heavy (non-hydrogen) atoms. The number of aromatic nitrogens is 3. The Hall–Kier alpha value is -2.57. The summed E-state index contributed by atoms with van der Waals surface area (Å²) in [5, 5.41) is 3.01. The van der Waals surface area contributed by atoms with Crippen molar-refractivity contribution in [2.45, 2.75) is 45.3 Å². The molecule has 2 aliphatic rings. The van der Waals surface area contributed by atoms with Crippen molar-refractivity contribution in [3.8, 4) is 5.88 Å². The van der Waals surface area contributed by atoms with Crippen molar-refractivity contribution >= 4 is 6.03 Å². The quantitative estimate of drug-likeness (QED) is 0.861. The predicted octanol–water partition coefficient (Wildman–Crippen LogP) is 3.04.